The minimum Gasteiger partial charge on any atom is -0.313 e. The predicted molar refractivity (Wildman–Crippen MR) is 75.8 cm³/mol. The Balaban J connectivity index is 2.97. The molecule has 1 aromatic rings. The van der Waals surface area contributed by atoms with Crippen LogP contribution in [0.1, 0.15) is 32.8 Å². The number of alkyl halides is 3. The Morgan fingerprint density at radius 2 is 1.67 bits per heavy atom. The number of benzene rings is 1. The van der Waals surface area contributed by atoms with Crippen LogP contribution in [0, 0.1) is 0 Å². The Bertz CT molecular complexity index is 553. The monoisotopic (exact) mass is 323 g/mol. The van der Waals surface area contributed by atoms with E-state index in [-0.39, 0.29) is 10.9 Å². The molecular weight excluding hydrogens is 303 g/mol. The number of rotatable bonds is 6. The van der Waals surface area contributed by atoms with Crippen molar-refractivity contribution in [2.45, 2.75) is 49.6 Å². The van der Waals surface area contributed by atoms with Crippen LogP contribution in [-0.2, 0) is 16.0 Å². The predicted octanol–water partition coefficient (Wildman–Crippen LogP) is 3.26. The van der Waals surface area contributed by atoms with Crippen LogP contribution < -0.4 is 5.32 Å². The lowest BCUT2D eigenvalue weighted by Crippen LogP contribution is -2.40. The highest BCUT2D eigenvalue weighted by Gasteiger charge is 2.32. The van der Waals surface area contributed by atoms with Crippen molar-refractivity contribution in [3.8, 4) is 0 Å². The summed E-state index contributed by atoms with van der Waals surface area (Å²) >= 11 is 0. The lowest BCUT2D eigenvalue weighted by Gasteiger charge is -2.21. The number of nitrogens with one attached hydrogen (secondary N) is 1. The van der Waals surface area contributed by atoms with E-state index in [9.17, 15) is 21.6 Å². The van der Waals surface area contributed by atoms with E-state index in [4.69, 9.17) is 0 Å². The average molecular weight is 323 g/mol. The van der Waals surface area contributed by atoms with Gasteiger partial charge in [0.15, 0.2) is 9.84 Å². The van der Waals surface area contributed by atoms with Gasteiger partial charge in [-0.05, 0) is 51.1 Å². The molecule has 3 nitrogen and oxygen atoms in total. The van der Waals surface area contributed by atoms with Gasteiger partial charge in [-0.1, -0.05) is 6.92 Å². The van der Waals surface area contributed by atoms with E-state index in [0.717, 1.165) is 30.7 Å². The molecule has 2 unspecified atom stereocenters. The van der Waals surface area contributed by atoms with Crippen molar-refractivity contribution in [2.75, 3.05) is 6.54 Å². The topological polar surface area (TPSA) is 46.2 Å². The molecular formula is C14H20F3NO2S. The first-order valence-electron chi connectivity index (χ1n) is 6.75. The number of hydrogen-bond donors (Lipinski definition) is 1. The minimum atomic E-state index is -4.47. The van der Waals surface area contributed by atoms with E-state index in [1.807, 2.05) is 6.92 Å². The van der Waals surface area contributed by atoms with Crippen LogP contribution in [0.25, 0.3) is 0 Å². The molecule has 0 aliphatic rings. The summed E-state index contributed by atoms with van der Waals surface area (Å²) in [6.45, 7) is 5.96. The van der Waals surface area contributed by atoms with Gasteiger partial charge >= 0.3 is 6.18 Å². The van der Waals surface area contributed by atoms with Crippen LogP contribution in [0.4, 0.5) is 13.2 Å². The fourth-order valence-corrected chi connectivity index (χ4v) is 3.43. The highest BCUT2D eigenvalue weighted by atomic mass is 32.2. The first-order chi connectivity index (χ1) is 9.60. The van der Waals surface area contributed by atoms with Crippen molar-refractivity contribution in [1.82, 2.24) is 5.32 Å². The number of sulfone groups is 1. The molecule has 0 aromatic heterocycles. The van der Waals surface area contributed by atoms with Gasteiger partial charge in [-0.25, -0.2) is 8.42 Å². The van der Waals surface area contributed by atoms with Gasteiger partial charge in [-0.2, -0.15) is 13.2 Å². The fraction of sp³-hybridized carbons (Fsp3) is 0.571. The Kier molecular flexibility index (Phi) is 5.81. The summed E-state index contributed by atoms with van der Waals surface area (Å²) in [6.07, 6.45) is -3.60. The SMILES string of the molecule is CCCNC(C)C(C)S(=O)(=O)c1ccc(C(F)(F)F)cc1. The zero-order valence-corrected chi connectivity index (χ0v) is 13.1. The van der Waals surface area contributed by atoms with Gasteiger partial charge in [0.05, 0.1) is 15.7 Å². The van der Waals surface area contributed by atoms with Gasteiger partial charge in [0.1, 0.15) is 0 Å². The summed E-state index contributed by atoms with van der Waals surface area (Å²) in [6, 6.07) is 3.34. The minimum absolute atomic E-state index is 0.0897. The van der Waals surface area contributed by atoms with Gasteiger partial charge in [0.2, 0.25) is 0 Å². The first-order valence-corrected chi connectivity index (χ1v) is 8.30. The van der Waals surface area contributed by atoms with Gasteiger partial charge in [-0.15, -0.1) is 0 Å². The molecule has 21 heavy (non-hydrogen) atoms. The second-order valence-corrected chi connectivity index (χ2v) is 7.32. The molecule has 1 N–H and O–H groups in total. The van der Waals surface area contributed by atoms with Crippen LogP contribution >= 0.6 is 0 Å². The fourth-order valence-electron chi connectivity index (χ4n) is 1.85. The molecule has 1 aromatic carbocycles. The molecule has 120 valence electrons. The lowest BCUT2D eigenvalue weighted by atomic mass is 10.2. The molecule has 2 atom stereocenters. The summed E-state index contributed by atoms with van der Waals surface area (Å²) in [4.78, 5) is -0.0897. The molecule has 0 amide bonds. The smallest absolute Gasteiger partial charge is 0.313 e. The molecule has 0 fully saturated rings. The van der Waals surface area contributed by atoms with Crippen molar-refractivity contribution < 1.29 is 21.6 Å². The standard InChI is InChI=1S/C14H20F3NO2S/c1-4-9-18-10(2)11(3)21(19,20)13-7-5-12(6-8-13)14(15,16)17/h5-8,10-11,18H,4,9H2,1-3H3. The van der Waals surface area contributed by atoms with Crippen molar-refractivity contribution in [1.29, 1.82) is 0 Å². The molecule has 0 aliphatic carbocycles. The average Bonchev–Trinajstić information content (AvgIpc) is 2.43. The third-order valence-corrected chi connectivity index (χ3v) is 5.74. The maximum Gasteiger partial charge on any atom is 0.416 e. The first kappa shape index (κ1) is 18.0. The van der Waals surface area contributed by atoms with Gasteiger partial charge in [0, 0.05) is 6.04 Å². The van der Waals surface area contributed by atoms with Gasteiger partial charge < -0.3 is 5.32 Å². The van der Waals surface area contributed by atoms with Gasteiger partial charge in [-0.3, -0.25) is 0 Å². The third kappa shape index (κ3) is 4.44. The summed E-state index contributed by atoms with van der Waals surface area (Å²) in [7, 11) is -3.66. The maximum atomic E-state index is 12.5. The maximum absolute atomic E-state index is 12.5. The van der Waals surface area contributed by atoms with E-state index < -0.39 is 26.8 Å². The Labute approximate surface area is 123 Å². The van der Waals surface area contributed by atoms with Crippen LogP contribution in [0.3, 0.4) is 0 Å². The van der Waals surface area contributed by atoms with E-state index in [1.165, 1.54) is 0 Å². The second kappa shape index (κ2) is 6.79. The summed E-state index contributed by atoms with van der Waals surface area (Å²) in [5.41, 5.74) is -0.855. The third-order valence-electron chi connectivity index (χ3n) is 3.42. The highest BCUT2D eigenvalue weighted by Crippen LogP contribution is 2.30. The Morgan fingerprint density at radius 1 is 1.14 bits per heavy atom. The van der Waals surface area contributed by atoms with E-state index in [0.29, 0.717) is 6.54 Å². The van der Waals surface area contributed by atoms with E-state index >= 15 is 0 Å². The zero-order valence-electron chi connectivity index (χ0n) is 12.2. The quantitative estimate of drug-likeness (QED) is 0.874. The molecule has 0 bridgehead atoms. The van der Waals surface area contributed by atoms with Crippen molar-refractivity contribution in [3.05, 3.63) is 29.8 Å². The highest BCUT2D eigenvalue weighted by molar-refractivity contribution is 7.92. The van der Waals surface area contributed by atoms with Crippen LogP contribution in [0.15, 0.2) is 29.2 Å². The largest absolute Gasteiger partial charge is 0.416 e. The normalized spacial score (nSPS) is 15.7. The Morgan fingerprint density at radius 3 is 2.10 bits per heavy atom. The lowest BCUT2D eigenvalue weighted by molar-refractivity contribution is -0.137. The van der Waals surface area contributed by atoms with Crippen LogP contribution in [-0.4, -0.2) is 26.3 Å². The molecule has 0 saturated carbocycles. The van der Waals surface area contributed by atoms with E-state index in [2.05, 4.69) is 5.32 Å². The van der Waals surface area contributed by atoms with E-state index in [1.54, 1.807) is 13.8 Å². The number of halogens is 3. The molecule has 0 radical (unpaired) electrons. The summed E-state index contributed by atoms with van der Waals surface area (Å²) in [5, 5.41) is 2.36. The summed E-state index contributed by atoms with van der Waals surface area (Å²) < 4.78 is 62.2. The Hall–Kier alpha value is -1.08. The number of hydrogen-bond acceptors (Lipinski definition) is 3. The van der Waals surface area contributed by atoms with Crippen molar-refractivity contribution >= 4 is 9.84 Å². The van der Waals surface area contributed by atoms with Crippen molar-refractivity contribution in [2.24, 2.45) is 0 Å². The van der Waals surface area contributed by atoms with Crippen LogP contribution in [0.5, 0.6) is 0 Å². The van der Waals surface area contributed by atoms with Crippen LogP contribution in [0.2, 0.25) is 0 Å². The second-order valence-electron chi connectivity index (χ2n) is 5.02. The molecule has 0 spiro atoms. The molecule has 0 saturated heterocycles. The van der Waals surface area contributed by atoms with Gasteiger partial charge in [0.25, 0.3) is 0 Å². The molecule has 7 heteroatoms. The molecule has 0 heterocycles. The van der Waals surface area contributed by atoms with Crippen molar-refractivity contribution in [3.63, 3.8) is 0 Å². The summed E-state index contributed by atoms with van der Waals surface area (Å²) in [5.74, 6) is 0. The molecule has 1 rings (SSSR count). The molecule has 0 aliphatic heterocycles. The zero-order chi connectivity index (χ0) is 16.3.